The van der Waals surface area contributed by atoms with E-state index in [1.54, 1.807) is 29.2 Å². The maximum atomic E-state index is 12.3. The molecule has 0 aliphatic carbocycles. The molecule has 0 saturated carbocycles. The first kappa shape index (κ1) is 19.4. The number of rotatable bonds is 6. The molecule has 0 radical (unpaired) electrons. The van der Waals surface area contributed by atoms with E-state index >= 15 is 0 Å². The fraction of sp³-hybridized carbons (Fsp3) is 0.211. The van der Waals surface area contributed by atoms with Gasteiger partial charge in [0.1, 0.15) is 12.7 Å². The van der Waals surface area contributed by atoms with Gasteiger partial charge in [0, 0.05) is 11.7 Å². The van der Waals surface area contributed by atoms with E-state index in [0.29, 0.717) is 15.7 Å². The maximum Gasteiger partial charge on any atom is 0.238 e. The average Bonchev–Trinajstić information content (AvgIpc) is 3.19. The lowest BCUT2D eigenvalue weighted by Gasteiger charge is -2.24. The number of likely N-dealkylation sites (N-methyl/N-ethyl adjacent to an activating group) is 1. The molecule has 1 N–H and O–H groups in total. The van der Waals surface area contributed by atoms with Crippen molar-refractivity contribution in [2.75, 3.05) is 18.9 Å². The second kappa shape index (κ2) is 8.52. The maximum absolute atomic E-state index is 12.3. The number of halogens is 2. The third-order valence-corrected chi connectivity index (χ3v) is 5.06. The molecule has 1 heterocycles. The Kier molecular flexibility index (Phi) is 6.11. The van der Waals surface area contributed by atoms with Crippen LogP contribution in [0.2, 0.25) is 10.0 Å². The zero-order chi connectivity index (χ0) is 19.4. The molecule has 0 saturated heterocycles. The summed E-state index contributed by atoms with van der Waals surface area (Å²) in [5, 5.41) is 7.80. The zero-order valence-electron chi connectivity index (χ0n) is 14.9. The first-order chi connectivity index (χ1) is 12.9. The van der Waals surface area contributed by atoms with E-state index < -0.39 is 0 Å². The Hall–Kier alpha value is -2.41. The summed E-state index contributed by atoms with van der Waals surface area (Å²) in [6.45, 7) is 2.29. The summed E-state index contributed by atoms with van der Waals surface area (Å²) >= 11 is 11.9. The molecular weight excluding hydrogens is 385 g/mol. The van der Waals surface area contributed by atoms with Crippen LogP contribution in [0.15, 0.2) is 55.1 Å². The number of aromatic nitrogens is 3. The molecule has 0 aliphatic heterocycles. The molecule has 0 aliphatic rings. The average molecular weight is 404 g/mol. The van der Waals surface area contributed by atoms with Crippen molar-refractivity contribution in [3.05, 3.63) is 70.7 Å². The number of nitrogens with zero attached hydrogens (tertiary/aromatic N) is 4. The van der Waals surface area contributed by atoms with Gasteiger partial charge in [-0.25, -0.2) is 9.67 Å². The molecule has 2 aromatic carbocycles. The van der Waals surface area contributed by atoms with E-state index in [0.717, 1.165) is 11.3 Å². The molecule has 1 amide bonds. The fourth-order valence-corrected chi connectivity index (χ4v) is 2.94. The van der Waals surface area contributed by atoms with Crippen LogP contribution in [0, 0.1) is 0 Å². The molecular formula is C19H19Cl2N5O. The number of benzene rings is 2. The van der Waals surface area contributed by atoms with Crippen LogP contribution in [-0.4, -0.2) is 39.2 Å². The van der Waals surface area contributed by atoms with Crippen molar-refractivity contribution in [3.8, 4) is 5.69 Å². The fourth-order valence-electron chi connectivity index (χ4n) is 2.64. The Morgan fingerprint density at radius 1 is 1.19 bits per heavy atom. The smallest absolute Gasteiger partial charge is 0.238 e. The Bertz CT molecular complexity index is 912. The molecule has 0 fully saturated rings. The predicted molar refractivity (Wildman–Crippen MR) is 107 cm³/mol. The van der Waals surface area contributed by atoms with Crippen LogP contribution in [0.4, 0.5) is 5.69 Å². The summed E-state index contributed by atoms with van der Waals surface area (Å²) < 4.78 is 1.70. The number of amides is 1. The molecule has 27 heavy (non-hydrogen) atoms. The van der Waals surface area contributed by atoms with E-state index in [1.165, 1.54) is 6.33 Å². The minimum Gasteiger partial charge on any atom is -0.325 e. The number of hydrogen-bond donors (Lipinski definition) is 1. The third-order valence-electron chi connectivity index (χ3n) is 4.32. The number of nitrogens with one attached hydrogen (secondary N) is 1. The molecule has 0 unspecified atom stereocenters. The van der Waals surface area contributed by atoms with Gasteiger partial charge in [0.05, 0.1) is 22.3 Å². The Balaban J connectivity index is 1.60. The molecule has 3 rings (SSSR count). The number of anilines is 1. The molecule has 0 spiro atoms. The zero-order valence-corrected chi connectivity index (χ0v) is 16.4. The topological polar surface area (TPSA) is 63.1 Å². The summed E-state index contributed by atoms with van der Waals surface area (Å²) in [6.07, 6.45) is 3.15. The first-order valence-electron chi connectivity index (χ1n) is 8.34. The molecule has 0 bridgehead atoms. The lowest BCUT2D eigenvalue weighted by atomic mass is 10.1. The van der Waals surface area contributed by atoms with Crippen LogP contribution in [0.5, 0.6) is 0 Å². The Morgan fingerprint density at radius 2 is 1.93 bits per heavy atom. The highest BCUT2D eigenvalue weighted by Gasteiger charge is 2.15. The highest BCUT2D eigenvalue weighted by molar-refractivity contribution is 6.42. The lowest BCUT2D eigenvalue weighted by Crippen LogP contribution is -2.32. The van der Waals surface area contributed by atoms with Crippen molar-refractivity contribution < 1.29 is 4.79 Å². The first-order valence-corrected chi connectivity index (χ1v) is 9.10. The summed E-state index contributed by atoms with van der Waals surface area (Å²) in [5.74, 6) is -0.123. The van der Waals surface area contributed by atoms with Crippen molar-refractivity contribution in [3.63, 3.8) is 0 Å². The van der Waals surface area contributed by atoms with Gasteiger partial charge >= 0.3 is 0 Å². The van der Waals surface area contributed by atoms with Crippen molar-refractivity contribution in [1.82, 2.24) is 19.7 Å². The van der Waals surface area contributed by atoms with E-state index in [1.807, 2.05) is 36.2 Å². The Labute approximate surface area is 167 Å². The predicted octanol–water partition coefficient (Wildman–Crippen LogP) is 4.21. The van der Waals surface area contributed by atoms with Gasteiger partial charge in [0.25, 0.3) is 0 Å². The highest BCUT2D eigenvalue weighted by Crippen LogP contribution is 2.25. The van der Waals surface area contributed by atoms with Crippen LogP contribution in [0.1, 0.15) is 18.5 Å². The van der Waals surface area contributed by atoms with Gasteiger partial charge in [-0.2, -0.15) is 5.10 Å². The third kappa shape index (κ3) is 4.86. The molecule has 140 valence electrons. The second-order valence-electron chi connectivity index (χ2n) is 6.20. The van der Waals surface area contributed by atoms with Gasteiger partial charge in [-0.05, 0) is 49.9 Å². The largest absolute Gasteiger partial charge is 0.325 e. The van der Waals surface area contributed by atoms with Crippen molar-refractivity contribution >= 4 is 34.8 Å². The number of carbonyl (C=O) groups excluding carboxylic acids is 1. The molecule has 3 aromatic rings. The molecule has 6 nitrogen and oxygen atoms in total. The number of hydrogen-bond acceptors (Lipinski definition) is 4. The van der Waals surface area contributed by atoms with Gasteiger partial charge in [-0.1, -0.05) is 35.3 Å². The van der Waals surface area contributed by atoms with Gasteiger partial charge < -0.3 is 5.32 Å². The van der Waals surface area contributed by atoms with Crippen LogP contribution >= 0.6 is 23.2 Å². The summed E-state index contributed by atoms with van der Waals surface area (Å²) in [4.78, 5) is 18.2. The molecule has 1 atom stereocenters. The van der Waals surface area contributed by atoms with Crippen LogP contribution in [-0.2, 0) is 4.79 Å². The molecule has 1 aromatic heterocycles. The van der Waals surface area contributed by atoms with Crippen molar-refractivity contribution in [2.24, 2.45) is 0 Å². The van der Waals surface area contributed by atoms with E-state index in [4.69, 9.17) is 23.2 Å². The van der Waals surface area contributed by atoms with E-state index in [-0.39, 0.29) is 18.5 Å². The standard InChI is InChI=1S/C19H19Cl2N5O/c1-13(14-3-6-16(7-4-14)26-12-22-11-23-26)25(2)10-19(27)24-15-5-8-17(20)18(21)9-15/h3-9,11-13H,10H2,1-2H3,(H,24,27)/t13-/m1/s1. The van der Waals surface area contributed by atoms with Crippen molar-refractivity contribution in [2.45, 2.75) is 13.0 Å². The second-order valence-corrected chi connectivity index (χ2v) is 7.01. The lowest BCUT2D eigenvalue weighted by molar-refractivity contribution is -0.117. The van der Waals surface area contributed by atoms with E-state index in [2.05, 4.69) is 22.3 Å². The van der Waals surface area contributed by atoms with Gasteiger partial charge in [0.2, 0.25) is 5.91 Å². The summed E-state index contributed by atoms with van der Waals surface area (Å²) in [7, 11) is 1.91. The van der Waals surface area contributed by atoms with Gasteiger partial charge in [0.15, 0.2) is 0 Å². The quantitative estimate of drug-likeness (QED) is 0.669. The van der Waals surface area contributed by atoms with Crippen LogP contribution in [0.25, 0.3) is 5.69 Å². The summed E-state index contributed by atoms with van der Waals surface area (Å²) in [6, 6.07) is 13.1. The Morgan fingerprint density at radius 3 is 2.56 bits per heavy atom. The normalized spacial score (nSPS) is 12.2. The minimum absolute atomic E-state index is 0.0642. The van der Waals surface area contributed by atoms with Crippen LogP contribution < -0.4 is 5.32 Å². The molecule has 8 heteroatoms. The number of carbonyl (C=O) groups is 1. The highest BCUT2D eigenvalue weighted by atomic mass is 35.5. The summed E-state index contributed by atoms with van der Waals surface area (Å²) in [5.41, 5.74) is 2.65. The minimum atomic E-state index is -0.123. The van der Waals surface area contributed by atoms with Crippen molar-refractivity contribution in [1.29, 1.82) is 0 Å². The SMILES string of the molecule is C[C@H](c1ccc(-n2cncn2)cc1)N(C)CC(=O)Nc1ccc(Cl)c(Cl)c1. The van der Waals surface area contributed by atoms with E-state index in [9.17, 15) is 4.79 Å². The van der Waals surface area contributed by atoms with Gasteiger partial charge in [-0.15, -0.1) is 0 Å². The van der Waals surface area contributed by atoms with Gasteiger partial charge in [-0.3, -0.25) is 9.69 Å². The monoisotopic (exact) mass is 403 g/mol. The van der Waals surface area contributed by atoms with Crippen LogP contribution in [0.3, 0.4) is 0 Å².